The van der Waals surface area contributed by atoms with Gasteiger partial charge in [0.1, 0.15) is 5.02 Å². The Balaban J connectivity index is 3.70. The van der Waals surface area contributed by atoms with Crippen LogP contribution >= 0.6 is 23.2 Å². The number of hydrogen-bond donors (Lipinski definition) is 1. The van der Waals surface area contributed by atoms with Crippen molar-refractivity contribution in [3.05, 3.63) is 32.3 Å². The van der Waals surface area contributed by atoms with Gasteiger partial charge < -0.3 is 0 Å². The van der Waals surface area contributed by atoms with Crippen LogP contribution in [0.15, 0.2) is 17.0 Å². The number of nitro groups is 1. The number of primary sulfonamides is 1. The predicted molar refractivity (Wildman–Crippen MR) is 54.5 cm³/mol. The van der Waals surface area contributed by atoms with Gasteiger partial charge in [-0.05, 0) is 12.1 Å². The van der Waals surface area contributed by atoms with Gasteiger partial charge in [0, 0.05) is 5.02 Å². The highest BCUT2D eigenvalue weighted by atomic mass is 35.5. The van der Waals surface area contributed by atoms with E-state index in [0.717, 1.165) is 12.1 Å². The van der Waals surface area contributed by atoms with E-state index in [4.69, 9.17) is 28.3 Å². The molecule has 2 N–H and O–H groups in total. The van der Waals surface area contributed by atoms with Gasteiger partial charge in [0.25, 0.3) is 0 Å². The molecule has 82 valence electrons. The van der Waals surface area contributed by atoms with Crippen LogP contribution < -0.4 is 5.14 Å². The fraction of sp³-hybridized carbons (Fsp3) is 0. The van der Waals surface area contributed by atoms with Crippen molar-refractivity contribution in [1.29, 1.82) is 0 Å². The van der Waals surface area contributed by atoms with Gasteiger partial charge >= 0.3 is 5.69 Å². The molecule has 0 radical (unpaired) electrons. The summed E-state index contributed by atoms with van der Waals surface area (Å²) >= 11 is 11.0. The molecule has 0 spiro atoms. The van der Waals surface area contributed by atoms with E-state index in [1.54, 1.807) is 0 Å². The van der Waals surface area contributed by atoms with E-state index in [1.165, 1.54) is 0 Å². The summed E-state index contributed by atoms with van der Waals surface area (Å²) in [5, 5.41) is 14.9. The van der Waals surface area contributed by atoms with E-state index in [1.807, 2.05) is 0 Å². The summed E-state index contributed by atoms with van der Waals surface area (Å²) in [5.74, 6) is 0. The molecule has 0 aliphatic rings. The molecule has 0 saturated heterocycles. The molecular weight excluding hydrogens is 267 g/mol. The van der Waals surface area contributed by atoms with Crippen molar-refractivity contribution in [3.63, 3.8) is 0 Å². The molecule has 0 fully saturated rings. The van der Waals surface area contributed by atoms with Gasteiger partial charge in [0.15, 0.2) is 4.90 Å². The first kappa shape index (κ1) is 12.2. The summed E-state index contributed by atoms with van der Waals surface area (Å²) in [6.07, 6.45) is 0. The minimum atomic E-state index is -4.23. The molecule has 0 aliphatic carbocycles. The SMILES string of the molecule is NS(=O)(=O)c1cc(Cl)cc(Cl)c1[N+](=O)[O-]. The average Bonchev–Trinajstić information content (AvgIpc) is 1.99. The molecule has 1 aromatic rings. The van der Waals surface area contributed by atoms with Crippen molar-refractivity contribution in [1.82, 2.24) is 0 Å². The summed E-state index contributed by atoms with van der Waals surface area (Å²) in [7, 11) is -4.23. The maximum atomic E-state index is 11.0. The Labute approximate surface area is 94.8 Å². The summed E-state index contributed by atoms with van der Waals surface area (Å²) < 4.78 is 22.0. The Morgan fingerprint density at radius 2 is 1.87 bits per heavy atom. The van der Waals surface area contributed by atoms with Crippen molar-refractivity contribution < 1.29 is 13.3 Å². The fourth-order valence-electron chi connectivity index (χ4n) is 0.936. The van der Waals surface area contributed by atoms with Gasteiger partial charge in [-0.3, -0.25) is 10.1 Å². The predicted octanol–water partition coefficient (Wildman–Crippen LogP) is 1.55. The molecule has 0 aliphatic heterocycles. The Morgan fingerprint density at radius 1 is 1.33 bits per heavy atom. The van der Waals surface area contributed by atoms with Crippen LogP contribution in [-0.2, 0) is 10.0 Å². The van der Waals surface area contributed by atoms with Crippen molar-refractivity contribution in [2.45, 2.75) is 4.90 Å². The van der Waals surface area contributed by atoms with Gasteiger partial charge in [0.2, 0.25) is 10.0 Å². The van der Waals surface area contributed by atoms with Gasteiger partial charge in [0.05, 0.1) is 4.92 Å². The second-order valence-corrected chi connectivity index (χ2v) is 4.91. The van der Waals surface area contributed by atoms with E-state index in [0.29, 0.717) is 0 Å². The van der Waals surface area contributed by atoms with E-state index in [2.05, 4.69) is 0 Å². The molecule has 0 bridgehead atoms. The van der Waals surface area contributed by atoms with Gasteiger partial charge in [-0.15, -0.1) is 0 Å². The minimum absolute atomic E-state index is 0.0466. The van der Waals surface area contributed by atoms with Crippen LogP contribution in [0.2, 0.25) is 10.0 Å². The standard InChI is InChI=1S/C6H4Cl2N2O4S/c7-3-1-4(8)6(10(11)12)5(2-3)15(9,13)14/h1-2H,(H2,9,13,14). The third kappa shape index (κ3) is 2.57. The third-order valence-electron chi connectivity index (χ3n) is 1.48. The molecule has 0 heterocycles. The monoisotopic (exact) mass is 270 g/mol. The average molecular weight is 271 g/mol. The van der Waals surface area contributed by atoms with Crippen LogP contribution in [0.25, 0.3) is 0 Å². The largest absolute Gasteiger partial charge is 0.307 e. The van der Waals surface area contributed by atoms with Crippen molar-refractivity contribution in [3.8, 4) is 0 Å². The number of nitrogens with two attached hydrogens (primary N) is 1. The number of rotatable bonds is 2. The number of benzene rings is 1. The summed E-state index contributed by atoms with van der Waals surface area (Å²) in [5.41, 5.74) is -0.774. The quantitative estimate of drug-likeness (QED) is 0.650. The molecule has 6 nitrogen and oxygen atoms in total. The first-order valence-electron chi connectivity index (χ1n) is 3.39. The first-order valence-corrected chi connectivity index (χ1v) is 5.70. The van der Waals surface area contributed by atoms with Crippen LogP contribution in [-0.4, -0.2) is 13.3 Å². The highest BCUT2D eigenvalue weighted by molar-refractivity contribution is 7.89. The summed E-state index contributed by atoms with van der Waals surface area (Å²) in [6, 6.07) is 1.94. The zero-order valence-electron chi connectivity index (χ0n) is 6.98. The van der Waals surface area contributed by atoms with Gasteiger partial charge in [-0.25, -0.2) is 13.6 Å². The lowest BCUT2D eigenvalue weighted by Crippen LogP contribution is -2.14. The zero-order chi connectivity index (χ0) is 11.8. The van der Waals surface area contributed by atoms with E-state index in [9.17, 15) is 18.5 Å². The topological polar surface area (TPSA) is 103 Å². The van der Waals surface area contributed by atoms with Gasteiger partial charge in [-0.1, -0.05) is 23.2 Å². The number of hydrogen-bond acceptors (Lipinski definition) is 4. The van der Waals surface area contributed by atoms with E-state index < -0.39 is 25.5 Å². The Hall–Kier alpha value is -0.890. The van der Waals surface area contributed by atoms with Crippen LogP contribution in [0.5, 0.6) is 0 Å². The number of nitrogens with zero attached hydrogens (tertiary/aromatic N) is 1. The maximum absolute atomic E-state index is 11.0. The number of sulfonamides is 1. The summed E-state index contributed by atoms with van der Waals surface area (Å²) in [4.78, 5) is 8.92. The molecule has 0 aromatic heterocycles. The molecule has 1 aromatic carbocycles. The highest BCUT2D eigenvalue weighted by Crippen LogP contribution is 2.34. The third-order valence-corrected chi connectivity index (χ3v) is 2.91. The molecule has 9 heteroatoms. The Kier molecular flexibility index (Phi) is 3.19. The van der Waals surface area contributed by atoms with Crippen LogP contribution in [0.3, 0.4) is 0 Å². The lowest BCUT2D eigenvalue weighted by atomic mass is 10.3. The second kappa shape index (κ2) is 3.93. The lowest BCUT2D eigenvalue weighted by Gasteiger charge is -2.02. The van der Waals surface area contributed by atoms with E-state index in [-0.39, 0.29) is 10.0 Å². The maximum Gasteiger partial charge on any atom is 0.307 e. The Morgan fingerprint density at radius 3 is 2.27 bits per heavy atom. The smallest absolute Gasteiger partial charge is 0.258 e. The molecular formula is C6H4Cl2N2O4S. The Bertz CT molecular complexity index is 528. The second-order valence-electron chi connectivity index (χ2n) is 2.54. The molecule has 0 amide bonds. The van der Waals surface area contributed by atoms with Crippen LogP contribution in [0.1, 0.15) is 0 Å². The van der Waals surface area contributed by atoms with Gasteiger partial charge in [-0.2, -0.15) is 0 Å². The highest BCUT2D eigenvalue weighted by Gasteiger charge is 2.26. The fourth-order valence-corrected chi connectivity index (χ4v) is 2.36. The van der Waals surface area contributed by atoms with E-state index >= 15 is 0 Å². The number of nitro benzene ring substituents is 1. The van der Waals surface area contributed by atoms with Crippen molar-refractivity contribution >= 4 is 38.9 Å². The zero-order valence-corrected chi connectivity index (χ0v) is 9.30. The minimum Gasteiger partial charge on any atom is -0.258 e. The summed E-state index contributed by atoms with van der Waals surface area (Å²) in [6.45, 7) is 0. The molecule has 0 saturated carbocycles. The normalized spacial score (nSPS) is 11.4. The molecule has 1 rings (SSSR count). The number of halogens is 2. The van der Waals surface area contributed by atoms with Crippen molar-refractivity contribution in [2.75, 3.05) is 0 Å². The molecule has 0 unspecified atom stereocenters. The molecule has 0 atom stereocenters. The lowest BCUT2D eigenvalue weighted by molar-refractivity contribution is -0.387. The molecule has 15 heavy (non-hydrogen) atoms. The van der Waals surface area contributed by atoms with Crippen molar-refractivity contribution in [2.24, 2.45) is 5.14 Å². The van der Waals surface area contributed by atoms with Crippen LogP contribution in [0.4, 0.5) is 5.69 Å². The van der Waals surface area contributed by atoms with Crippen LogP contribution in [0, 0.1) is 10.1 Å². The first-order chi connectivity index (χ1) is 6.73.